The third-order valence-electron chi connectivity index (χ3n) is 2.18. The molecule has 15 heavy (non-hydrogen) atoms. The monoisotopic (exact) mass is 288 g/mol. The van der Waals surface area contributed by atoms with Crippen LogP contribution in [0.5, 0.6) is 0 Å². The molecule has 1 unspecified atom stereocenters. The van der Waals surface area contributed by atoms with Crippen molar-refractivity contribution in [2.75, 3.05) is 12.8 Å². The Morgan fingerprint density at radius 1 is 1.53 bits per heavy atom. The van der Waals surface area contributed by atoms with Crippen molar-refractivity contribution < 1.29 is 0 Å². The smallest absolute Gasteiger partial charge is 0.0961 e. The fraction of sp³-hybridized carbons (Fsp3) is 0.545. The second kappa shape index (κ2) is 7.25. The predicted molar refractivity (Wildman–Crippen MR) is 70.4 cm³/mol. The summed E-state index contributed by atoms with van der Waals surface area (Å²) in [5, 5.41) is 4.42. The van der Waals surface area contributed by atoms with Crippen molar-refractivity contribution in [2.24, 2.45) is 0 Å². The van der Waals surface area contributed by atoms with Crippen molar-refractivity contribution in [1.29, 1.82) is 0 Å². The summed E-state index contributed by atoms with van der Waals surface area (Å²) in [6.45, 7) is 2.22. The second-order valence-corrected chi connectivity index (χ2v) is 5.36. The van der Waals surface area contributed by atoms with Crippen LogP contribution in [0.3, 0.4) is 0 Å². The Labute approximate surface area is 104 Å². The van der Waals surface area contributed by atoms with Crippen LogP contribution in [-0.4, -0.2) is 23.8 Å². The van der Waals surface area contributed by atoms with Crippen LogP contribution < -0.4 is 5.32 Å². The molecular formula is C11H17BrN2S. The fourth-order valence-corrected chi connectivity index (χ4v) is 2.52. The molecule has 1 heterocycles. The molecule has 0 radical (unpaired) electrons. The van der Waals surface area contributed by atoms with Gasteiger partial charge in [0.1, 0.15) is 0 Å². The minimum absolute atomic E-state index is 0.588. The molecule has 4 heteroatoms. The molecule has 0 saturated heterocycles. The van der Waals surface area contributed by atoms with E-state index in [9.17, 15) is 0 Å². The topological polar surface area (TPSA) is 24.9 Å². The highest BCUT2D eigenvalue weighted by Crippen LogP contribution is 2.19. The summed E-state index contributed by atoms with van der Waals surface area (Å²) in [4.78, 5) is 4.33. The van der Waals surface area contributed by atoms with E-state index in [1.807, 2.05) is 37.1 Å². The van der Waals surface area contributed by atoms with E-state index in [1.54, 1.807) is 0 Å². The highest BCUT2D eigenvalue weighted by atomic mass is 79.9. The number of pyridine rings is 1. The van der Waals surface area contributed by atoms with E-state index in [0.29, 0.717) is 6.04 Å². The van der Waals surface area contributed by atoms with Gasteiger partial charge >= 0.3 is 0 Å². The highest BCUT2D eigenvalue weighted by Gasteiger charge is 2.05. The molecule has 0 aliphatic carbocycles. The number of hydrogen-bond donors (Lipinski definition) is 1. The highest BCUT2D eigenvalue weighted by molar-refractivity contribution is 9.10. The Hall–Kier alpha value is -0.0600. The summed E-state index contributed by atoms with van der Waals surface area (Å²) in [5.74, 6) is 1.08. The van der Waals surface area contributed by atoms with Crippen LogP contribution in [-0.2, 0) is 0 Å². The van der Waals surface area contributed by atoms with Crippen LogP contribution in [0.1, 0.15) is 19.8 Å². The average Bonchev–Trinajstić information content (AvgIpc) is 2.26. The molecule has 1 aromatic rings. The van der Waals surface area contributed by atoms with Crippen LogP contribution in [0.15, 0.2) is 27.8 Å². The first-order valence-electron chi connectivity index (χ1n) is 5.18. The molecule has 0 amide bonds. The number of aromatic nitrogens is 1. The van der Waals surface area contributed by atoms with Gasteiger partial charge in [-0.2, -0.15) is 0 Å². The lowest BCUT2D eigenvalue weighted by atomic mass is 10.2. The lowest BCUT2D eigenvalue weighted by molar-refractivity contribution is 0.564. The summed E-state index contributed by atoms with van der Waals surface area (Å²) >= 11 is 5.19. The lowest BCUT2D eigenvalue weighted by Crippen LogP contribution is -2.27. The Kier molecular flexibility index (Phi) is 6.29. The van der Waals surface area contributed by atoms with Crippen molar-refractivity contribution in [3.63, 3.8) is 0 Å². The molecule has 0 aliphatic heterocycles. The largest absolute Gasteiger partial charge is 0.316 e. The fourth-order valence-electron chi connectivity index (χ4n) is 1.29. The Bertz CT molecular complexity index is 276. The van der Waals surface area contributed by atoms with Gasteiger partial charge in [-0.3, -0.25) is 0 Å². The number of nitrogens with zero attached hydrogens (tertiary/aromatic N) is 1. The van der Waals surface area contributed by atoms with E-state index >= 15 is 0 Å². The summed E-state index contributed by atoms with van der Waals surface area (Å²) in [7, 11) is 2.02. The van der Waals surface area contributed by atoms with Gasteiger partial charge in [0.05, 0.1) is 5.03 Å². The van der Waals surface area contributed by atoms with Gasteiger partial charge in [0.15, 0.2) is 0 Å². The van der Waals surface area contributed by atoms with Crippen LogP contribution in [0.25, 0.3) is 0 Å². The molecule has 2 nitrogen and oxygen atoms in total. The molecular weight excluding hydrogens is 272 g/mol. The molecule has 0 bridgehead atoms. The van der Waals surface area contributed by atoms with Crippen LogP contribution >= 0.6 is 27.7 Å². The minimum Gasteiger partial charge on any atom is -0.316 e. The predicted octanol–water partition coefficient (Wildman–Crippen LogP) is 3.32. The molecule has 0 aliphatic rings. The van der Waals surface area contributed by atoms with E-state index in [-0.39, 0.29) is 0 Å². The molecule has 0 fully saturated rings. The van der Waals surface area contributed by atoms with Crippen molar-refractivity contribution in [3.05, 3.63) is 22.8 Å². The number of rotatable bonds is 6. The first-order chi connectivity index (χ1) is 7.26. The first kappa shape index (κ1) is 13.0. The third kappa shape index (κ3) is 5.00. The molecule has 84 valence electrons. The average molecular weight is 289 g/mol. The van der Waals surface area contributed by atoms with Crippen LogP contribution in [0.4, 0.5) is 0 Å². The van der Waals surface area contributed by atoms with Gasteiger partial charge in [0.25, 0.3) is 0 Å². The summed E-state index contributed by atoms with van der Waals surface area (Å²) in [6, 6.07) is 4.67. The maximum atomic E-state index is 4.33. The minimum atomic E-state index is 0.588. The normalized spacial score (nSPS) is 12.7. The maximum Gasteiger partial charge on any atom is 0.0961 e. The zero-order chi connectivity index (χ0) is 11.1. The second-order valence-electron chi connectivity index (χ2n) is 3.40. The number of thioether (sulfide) groups is 1. The van der Waals surface area contributed by atoms with Gasteiger partial charge < -0.3 is 5.32 Å². The van der Waals surface area contributed by atoms with E-state index in [0.717, 1.165) is 15.3 Å². The summed E-state index contributed by atoms with van der Waals surface area (Å²) in [5.41, 5.74) is 0. The van der Waals surface area contributed by atoms with Crippen molar-refractivity contribution >= 4 is 27.7 Å². The van der Waals surface area contributed by atoms with Crippen molar-refractivity contribution in [3.8, 4) is 0 Å². The molecule has 1 N–H and O–H groups in total. The number of hydrogen-bond acceptors (Lipinski definition) is 3. The molecule has 0 aromatic carbocycles. The molecule has 1 aromatic heterocycles. The zero-order valence-corrected chi connectivity index (χ0v) is 11.6. The number of halogens is 1. The van der Waals surface area contributed by atoms with E-state index in [2.05, 4.69) is 33.2 Å². The summed E-state index contributed by atoms with van der Waals surface area (Å²) < 4.78 is 1.03. The van der Waals surface area contributed by atoms with Crippen molar-refractivity contribution in [1.82, 2.24) is 10.3 Å². The third-order valence-corrected chi connectivity index (χ3v) is 3.75. The van der Waals surface area contributed by atoms with E-state index in [1.165, 1.54) is 12.8 Å². The summed E-state index contributed by atoms with van der Waals surface area (Å²) in [6.07, 6.45) is 4.29. The van der Waals surface area contributed by atoms with Crippen LogP contribution in [0, 0.1) is 0 Å². The first-order valence-corrected chi connectivity index (χ1v) is 6.95. The van der Waals surface area contributed by atoms with Gasteiger partial charge in [-0.1, -0.05) is 13.3 Å². The standard InChI is InChI=1S/C11H17BrN2S/c1-3-4-10(13-2)8-15-11-6-5-9(12)7-14-11/h5-7,10,13H,3-4,8H2,1-2H3. The molecule has 1 rings (SSSR count). The Morgan fingerprint density at radius 3 is 2.87 bits per heavy atom. The van der Waals surface area contributed by atoms with Gasteiger partial charge in [0.2, 0.25) is 0 Å². The van der Waals surface area contributed by atoms with E-state index in [4.69, 9.17) is 0 Å². The lowest BCUT2D eigenvalue weighted by Gasteiger charge is -2.13. The van der Waals surface area contributed by atoms with Gasteiger partial charge in [-0.25, -0.2) is 4.98 Å². The molecule has 0 spiro atoms. The molecule has 1 atom stereocenters. The quantitative estimate of drug-likeness (QED) is 0.813. The van der Waals surface area contributed by atoms with Gasteiger partial charge in [-0.15, -0.1) is 11.8 Å². The van der Waals surface area contributed by atoms with Crippen molar-refractivity contribution in [2.45, 2.75) is 30.8 Å². The van der Waals surface area contributed by atoms with Crippen LogP contribution in [0.2, 0.25) is 0 Å². The molecule has 0 saturated carbocycles. The Balaban J connectivity index is 2.38. The van der Waals surface area contributed by atoms with Gasteiger partial charge in [-0.05, 0) is 41.5 Å². The van der Waals surface area contributed by atoms with E-state index < -0.39 is 0 Å². The zero-order valence-electron chi connectivity index (χ0n) is 9.16. The Morgan fingerprint density at radius 2 is 2.33 bits per heavy atom. The SMILES string of the molecule is CCCC(CSc1ccc(Br)cn1)NC. The maximum absolute atomic E-state index is 4.33. The number of nitrogens with one attached hydrogen (secondary N) is 1. The van der Waals surface area contributed by atoms with Gasteiger partial charge in [0, 0.05) is 22.5 Å².